The van der Waals surface area contributed by atoms with Gasteiger partial charge in [-0.15, -0.1) is 0 Å². The van der Waals surface area contributed by atoms with E-state index < -0.39 is 0 Å². The number of rotatable bonds is 7. The molecule has 2 unspecified atom stereocenters. The predicted molar refractivity (Wildman–Crippen MR) is 123 cm³/mol. The first-order valence-electron chi connectivity index (χ1n) is 11.8. The number of amides is 1. The summed E-state index contributed by atoms with van der Waals surface area (Å²) < 4.78 is 0. The zero-order valence-electron chi connectivity index (χ0n) is 18.6. The van der Waals surface area contributed by atoms with Crippen molar-refractivity contribution in [2.75, 3.05) is 19.6 Å². The van der Waals surface area contributed by atoms with Crippen LogP contribution in [0.5, 0.6) is 0 Å². The molecule has 1 heterocycles. The number of hydrogen-bond donors (Lipinski definition) is 0. The van der Waals surface area contributed by atoms with Gasteiger partial charge in [-0.2, -0.15) is 0 Å². The summed E-state index contributed by atoms with van der Waals surface area (Å²) in [5, 5.41) is 0. The Bertz CT molecular complexity index is 826. The van der Waals surface area contributed by atoms with E-state index in [0.29, 0.717) is 18.4 Å². The Morgan fingerprint density at radius 1 is 1.03 bits per heavy atom. The first-order chi connectivity index (χ1) is 14.7. The highest BCUT2D eigenvalue weighted by Gasteiger charge is 2.32. The minimum atomic E-state index is 0.256. The fraction of sp³-hybridized carbons (Fsp3) is 0.519. The summed E-state index contributed by atoms with van der Waals surface area (Å²) in [6, 6.07) is 20.2. The Labute approximate surface area is 182 Å². The molecule has 0 aromatic heterocycles. The molecule has 0 spiro atoms. The highest BCUT2D eigenvalue weighted by atomic mass is 16.2. The van der Waals surface area contributed by atoms with Crippen LogP contribution in [0.2, 0.25) is 0 Å². The molecule has 1 aliphatic heterocycles. The van der Waals surface area contributed by atoms with E-state index in [1.807, 2.05) is 6.92 Å². The first-order valence-corrected chi connectivity index (χ1v) is 11.8. The van der Waals surface area contributed by atoms with Crippen LogP contribution >= 0.6 is 0 Å². The zero-order valence-corrected chi connectivity index (χ0v) is 18.6. The number of benzene rings is 2. The van der Waals surface area contributed by atoms with Gasteiger partial charge in [0.2, 0.25) is 5.91 Å². The van der Waals surface area contributed by atoms with Gasteiger partial charge in [0.25, 0.3) is 0 Å². The Morgan fingerprint density at radius 3 is 2.47 bits per heavy atom. The predicted octanol–water partition coefficient (Wildman–Crippen LogP) is 5.26. The average Bonchev–Trinajstić information content (AvgIpc) is 3.22. The molecule has 4 rings (SSSR count). The summed E-state index contributed by atoms with van der Waals surface area (Å²) in [5.74, 6) is 1.08. The Kier molecular flexibility index (Phi) is 6.89. The number of fused-ring (bicyclic) bond motifs is 1. The van der Waals surface area contributed by atoms with Crippen molar-refractivity contribution in [2.45, 2.75) is 64.5 Å². The molecule has 160 valence electrons. The van der Waals surface area contributed by atoms with E-state index in [9.17, 15) is 4.79 Å². The maximum atomic E-state index is 12.9. The number of carbonyl (C=O) groups is 1. The van der Waals surface area contributed by atoms with E-state index in [-0.39, 0.29) is 6.04 Å². The monoisotopic (exact) mass is 404 g/mol. The second kappa shape index (κ2) is 9.78. The van der Waals surface area contributed by atoms with E-state index in [4.69, 9.17) is 0 Å². The summed E-state index contributed by atoms with van der Waals surface area (Å²) >= 11 is 0. The Hall–Kier alpha value is -2.13. The lowest BCUT2D eigenvalue weighted by atomic mass is 9.89. The second-order valence-electron chi connectivity index (χ2n) is 9.17. The summed E-state index contributed by atoms with van der Waals surface area (Å²) in [6.45, 7) is 7.45. The van der Waals surface area contributed by atoms with Crippen molar-refractivity contribution in [1.29, 1.82) is 0 Å². The van der Waals surface area contributed by atoms with Gasteiger partial charge in [-0.05, 0) is 74.7 Å². The van der Waals surface area contributed by atoms with E-state index >= 15 is 0 Å². The van der Waals surface area contributed by atoms with Crippen LogP contribution in [0.1, 0.15) is 62.3 Å². The number of aryl methyl sites for hydroxylation is 1. The quantitative estimate of drug-likeness (QED) is 0.629. The number of piperidine rings is 1. The smallest absolute Gasteiger partial charge is 0.222 e. The molecular weight excluding hydrogens is 368 g/mol. The highest BCUT2D eigenvalue weighted by Crippen LogP contribution is 2.36. The molecule has 0 radical (unpaired) electrons. The van der Waals surface area contributed by atoms with Crippen molar-refractivity contribution in [3.63, 3.8) is 0 Å². The summed E-state index contributed by atoms with van der Waals surface area (Å²) in [4.78, 5) is 17.7. The fourth-order valence-electron chi connectivity index (χ4n) is 5.41. The lowest BCUT2D eigenvalue weighted by Crippen LogP contribution is -2.48. The van der Waals surface area contributed by atoms with Crippen molar-refractivity contribution < 1.29 is 4.79 Å². The molecule has 2 aromatic rings. The Balaban J connectivity index is 1.36. The van der Waals surface area contributed by atoms with Crippen molar-refractivity contribution >= 4 is 5.91 Å². The number of carbonyl (C=O) groups excluding carboxylic acids is 1. The van der Waals surface area contributed by atoms with Gasteiger partial charge in [0, 0.05) is 19.0 Å². The van der Waals surface area contributed by atoms with E-state index in [2.05, 4.69) is 71.3 Å². The molecule has 30 heavy (non-hydrogen) atoms. The van der Waals surface area contributed by atoms with E-state index in [1.165, 1.54) is 36.0 Å². The number of likely N-dealkylation sites (tertiary alicyclic amines) is 1. The molecule has 1 fully saturated rings. The Morgan fingerprint density at radius 2 is 1.73 bits per heavy atom. The molecule has 0 bridgehead atoms. The molecule has 1 saturated heterocycles. The third-order valence-corrected chi connectivity index (χ3v) is 7.20. The third kappa shape index (κ3) is 4.78. The molecule has 2 aromatic carbocycles. The average molecular weight is 405 g/mol. The molecule has 1 amide bonds. The van der Waals surface area contributed by atoms with Crippen molar-refractivity contribution in [2.24, 2.45) is 5.92 Å². The molecule has 2 atom stereocenters. The SMILES string of the molecule is CCC(=O)N(CC(C)N1CCC(Cc2ccccc2)CC1)C1CCc2ccccc21. The fourth-order valence-corrected chi connectivity index (χ4v) is 5.41. The van der Waals surface area contributed by atoms with Gasteiger partial charge >= 0.3 is 0 Å². The summed E-state index contributed by atoms with van der Waals surface area (Å²) in [6.07, 6.45) is 6.46. The van der Waals surface area contributed by atoms with E-state index in [0.717, 1.165) is 38.4 Å². The minimum absolute atomic E-state index is 0.256. The standard InChI is InChI=1S/C27H36N2O/c1-3-27(30)29(26-14-13-24-11-7-8-12-25(24)26)20-21(2)28-17-15-23(16-18-28)19-22-9-5-4-6-10-22/h4-12,21,23,26H,3,13-20H2,1-2H3. The number of hydrogen-bond acceptors (Lipinski definition) is 2. The number of nitrogens with zero attached hydrogens (tertiary/aromatic N) is 2. The first kappa shape index (κ1) is 21.1. The van der Waals surface area contributed by atoms with Crippen molar-refractivity contribution in [3.05, 3.63) is 71.3 Å². The zero-order chi connectivity index (χ0) is 20.9. The van der Waals surface area contributed by atoms with Gasteiger partial charge in [0.1, 0.15) is 0 Å². The van der Waals surface area contributed by atoms with Gasteiger partial charge in [0.05, 0.1) is 6.04 Å². The van der Waals surface area contributed by atoms with Crippen LogP contribution in [0.15, 0.2) is 54.6 Å². The maximum Gasteiger partial charge on any atom is 0.222 e. The van der Waals surface area contributed by atoms with Crippen LogP contribution in [0.4, 0.5) is 0 Å². The molecule has 3 heteroatoms. The molecule has 1 aliphatic carbocycles. The van der Waals surface area contributed by atoms with Gasteiger partial charge in [-0.3, -0.25) is 9.69 Å². The van der Waals surface area contributed by atoms with Crippen LogP contribution in [-0.4, -0.2) is 41.4 Å². The molecule has 3 nitrogen and oxygen atoms in total. The molecular formula is C27H36N2O. The summed E-state index contributed by atoms with van der Waals surface area (Å²) in [5.41, 5.74) is 4.25. The topological polar surface area (TPSA) is 23.6 Å². The summed E-state index contributed by atoms with van der Waals surface area (Å²) in [7, 11) is 0. The van der Waals surface area contributed by atoms with Crippen LogP contribution < -0.4 is 0 Å². The van der Waals surface area contributed by atoms with Gasteiger partial charge < -0.3 is 4.90 Å². The lowest BCUT2D eigenvalue weighted by molar-refractivity contribution is -0.134. The molecule has 0 N–H and O–H groups in total. The maximum absolute atomic E-state index is 12.9. The van der Waals surface area contributed by atoms with Crippen LogP contribution in [0.3, 0.4) is 0 Å². The van der Waals surface area contributed by atoms with Gasteiger partial charge in [0.15, 0.2) is 0 Å². The molecule has 2 aliphatic rings. The van der Waals surface area contributed by atoms with Crippen molar-refractivity contribution in [3.8, 4) is 0 Å². The third-order valence-electron chi connectivity index (χ3n) is 7.20. The molecule has 0 saturated carbocycles. The van der Waals surface area contributed by atoms with Crippen molar-refractivity contribution in [1.82, 2.24) is 9.80 Å². The van der Waals surface area contributed by atoms with Gasteiger partial charge in [-0.1, -0.05) is 61.5 Å². The van der Waals surface area contributed by atoms with E-state index in [1.54, 1.807) is 0 Å². The lowest BCUT2D eigenvalue weighted by Gasteiger charge is -2.40. The largest absolute Gasteiger partial charge is 0.334 e. The minimum Gasteiger partial charge on any atom is -0.334 e. The normalized spacial score (nSPS) is 20.7. The highest BCUT2D eigenvalue weighted by molar-refractivity contribution is 5.76. The van der Waals surface area contributed by atoms with Crippen LogP contribution in [0.25, 0.3) is 0 Å². The second-order valence-corrected chi connectivity index (χ2v) is 9.17. The van der Waals surface area contributed by atoms with Gasteiger partial charge in [-0.25, -0.2) is 0 Å². The van der Waals surface area contributed by atoms with Crippen LogP contribution in [0, 0.1) is 5.92 Å². The van der Waals surface area contributed by atoms with Crippen LogP contribution in [-0.2, 0) is 17.6 Å².